The van der Waals surface area contributed by atoms with Crippen LogP contribution in [0.4, 0.5) is 4.39 Å². The molecule has 0 amide bonds. The first-order chi connectivity index (χ1) is 5.41. The lowest BCUT2D eigenvalue weighted by Crippen LogP contribution is -2.13. The monoisotopic (exact) mass is 170 g/mol. The summed E-state index contributed by atoms with van der Waals surface area (Å²) >= 11 is 0. The first kappa shape index (κ1) is 9.23. The molecule has 1 aromatic heterocycles. The smallest absolute Gasteiger partial charge is 0.188 e. The van der Waals surface area contributed by atoms with Crippen molar-refractivity contribution in [3.63, 3.8) is 0 Å². The maximum Gasteiger partial charge on any atom is 0.188 e. The molecule has 0 aliphatic heterocycles. The van der Waals surface area contributed by atoms with Gasteiger partial charge < -0.3 is 0 Å². The van der Waals surface area contributed by atoms with E-state index in [9.17, 15) is 4.39 Å². The maximum atomic E-state index is 12.7. The summed E-state index contributed by atoms with van der Waals surface area (Å²) in [5.74, 6) is 0. The fourth-order valence-corrected chi connectivity index (χ4v) is 0.936. The molecule has 12 heavy (non-hydrogen) atoms. The van der Waals surface area contributed by atoms with Crippen molar-refractivity contribution in [3.05, 3.63) is 18.0 Å². The second-order valence-corrected chi connectivity index (χ2v) is 4.00. The molecule has 1 heterocycles. The molecule has 3 heteroatoms. The molecule has 1 rings (SSSR count). The SMILES string of the molecule is CC(F)n1ccc(C(C)(C)C)n1. The van der Waals surface area contributed by atoms with Crippen LogP contribution in [0.2, 0.25) is 0 Å². The highest BCUT2D eigenvalue weighted by molar-refractivity contribution is 5.10. The van der Waals surface area contributed by atoms with Crippen LogP contribution in [0.15, 0.2) is 12.3 Å². The van der Waals surface area contributed by atoms with Crippen molar-refractivity contribution in [2.45, 2.75) is 39.4 Å². The van der Waals surface area contributed by atoms with Gasteiger partial charge in [-0.05, 0) is 13.0 Å². The van der Waals surface area contributed by atoms with E-state index < -0.39 is 6.30 Å². The van der Waals surface area contributed by atoms with Crippen LogP contribution in [-0.2, 0) is 5.41 Å². The van der Waals surface area contributed by atoms with Crippen LogP contribution < -0.4 is 0 Å². The topological polar surface area (TPSA) is 17.8 Å². The van der Waals surface area contributed by atoms with Gasteiger partial charge in [0, 0.05) is 11.6 Å². The van der Waals surface area contributed by atoms with Gasteiger partial charge in [-0.1, -0.05) is 20.8 Å². The van der Waals surface area contributed by atoms with Crippen LogP contribution in [0.3, 0.4) is 0 Å². The lowest BCUT2D eigenvalue weighted by atomic mass is 9.93. The van der Waals surface area contributed by atoms with Crippen LogP contribution in [0.5, 0.6) is 0 Å². The second kappa shape index (κ2) is 2.88. The van der Waals surface area contributed by atoms with E-state index in [1.807, 2.05) is 6.07 Å². The van der Waals surface area contributed by atoms with E-state index in [0.717, 1.165) is 5.69 Å². The molecule has 1 unspecified atom stereocenters. The Hall–Kier alpha value is -0.860. The van der Waals surface area contributed by atoms with E-state index in [-0.39, 0.29) is 5.41 Å². The van der Waals surface area contributed by atoms with Crippen LogP contribution in [0.25, 0.3) is 0 Å². The van der Waals surface area contributed by atoms with Gasteiger partial charge in [-0.3, -0.25) is 0 Å². The summed E-state index contributed by atoms with van der Waals surface area (Å²) in [6.45, 7) is 7.65. The Balaban J connectivity index is 2.92. The van der Waals surface area contributed by atoms with Gasteiger partial charge in [-0.2, -0.15) is 5.10 Å². The minimum absolute atomic E-state index is 0.000139. The quantitative estimate of drug-likeness (QED) is 0.633. The first-order valence-electron chi connectivity index (χ1n) is 4.11. The molecular weight excluding hydrogens is 155 g/mol. The normalized spacial score (nSPS) is 14.8. The van der Waals surface area contributed by atoms with Crippen molar-refractivity contribution < 1.29 is 4.39 Å². The van der Waals surface area contributed by atoms with Crippen molar-refractivity contribution in [1.82, 2.24) is 9.78 Å². The summed E-state index contributed by atoms with van der Waals surface area (Å²) in [6.07, 6.45) is 0.631. The van der Waals surface area contributed by atoms with Crippen LogP contribution in [-0.4, -0.2) is 9.78 Å². The maximum absolute atomic E-state index is 12.7. The van der Waals surface area contributed by atoms with Gasteiger partial charge in [-0.25, -0.2) is 9.07 Å². The number of nitrogens with zero attached hydrogens (tertiary/aromatic N) is 2. The Morgan fingerprint density at radius 2 is 2.08 bits per heavy atom. The van der Waals surface area contributed by atoms with E-state index in [4.69, 9.17) is 0 Å². The summed E-state index contributed by atoms with van der Waals surface area (Å²) < 4.78 is 14.1. The number of alkyl halides is 1. The molecule has 0 fully saturated rings. The van der Waals surface area contributed by atoms with Gasteiger partial charge >= 0.3 is 0 Å². The standard InChI is InChI=1S/C9H15FN2/c1-7(10)12-6-5-8(11-12)9(2,3)4/h5-7H,1-4H3. The van der Waals surface area contributed by atoms with Gasteiger partial charge in [0.1, 0.15) is 0 Å². The number of aromatic nitrogens is 2. The third-order valence-corrected chi connectivity index (χ3v) is 1.74. The van der Waals surface area contributed by atoms with Crippen molar-refractivity contribution >= 4 is 0 Å². The zero-order chi connectivity index (χ0) is 9.35. The Labute approximate surface area is 72.4 Å². The Morgan fingerprint density at radius 1 is 1.50 bits per heavy atom. The molecule has 0 aliphatic rings. The Morgan fingerprint density at radius 3 is 2.33 bits per heavy atom. The molecule has 2 nitrogen and oxygen atoms in total. The Bertz CT molecular complexity index is 258. The molecule has 1 aromatic rings. The van der Waals surface area contributed by atoms with Gasteiger partial charge in [0.2, 0.25) is 0 Å². The Kier molecular flexibility index (Phi) is 2.22. The van der Waals surface area contributed by atoms with E-state index in [2.05, 4.69) is 25.9 Å². The zero-order valence-electron chi connectivity index (χ0n) is 8.00. The second-order valence-electron chi connectivity index (χ2n) is 4.00. The summed E-state index contributed by atoms with van der Waals surface area (Å²) in [4.78, 5) is 0. The predicted molar refractivity (Wildman–Crippen MR) is 46.7 cm³/mol. The minimum atomic E-state index is -1.04. The van der Waals surface area contributed by atoms with Crippen molar-refractivity contribution in [3.8, 4) is 0 Å². The van der Waals surface area contributed by atoms with Crippen molar-refractivity contribution in [2.24, 2.45) is 0 Å². The third-order valence-electron chi connectivity index (χ3n) is 1.74. The molecule has 68 valence electrons. The lowest BCUT2D eigenvalue weighted by Gasteiger charge is -2.14. The molecule has 0 N–H and O–H groups in total. The minimum Gasteiger partial charge on any atom is -0.239 e. The fraction of sp³-hybridized carbons (Fsp3) is 0.667. The molecule has 0 spiro atoms. The van der Waals surface area contributed by atoms with E-state index in [1.165, 1.54) is 11.6 Å². The summed E-state index contributed by atoms with van der Waals surface area (Å²) in [7, 11) is 0. The molecule has 0 radical (unpaired) electrons. The molecule has 1 atom stereocenters. The van der Waals surface area contributed by atoms with Crippen LogP contribution >= 0.6 is 0 Å². The number of hydrogen-bond donors (Lipinski definition) is 0. The van der Waals surface area contributed by atoms with Gasteiger partial charge in [-0.15, -0.1) is 0 Å². The summed E-state index contributed by atoms with van der Waals surface area (Å²) in [5.41, 5.74) is 0.923. The van der Waals surface area contributed by atoms with Gasteiger partial charge in [0.15, 0.2) is 6.30 Å². The largest absolute Gasteiger partial charge is 0.239 e. The molecule has 0 saturated heterocycles. The van der Waals surface area contributed by atoms with Crippen molar-refractivity contribution in [2.75, 3.05) is 0 Å². The molecule has 0 saturated carbocycles. The summed E-state index contributed by atoms with van der Waals surface area (Å²) in [6, 6.07) is 1.86. The molecule has 0 bridgehead atoms. The number of halogens is 1. The summed E-state index contributed by atoms with van der Waals surface area (Å²) in [5, 5.41) is 4.12. The molecule has 0 aliphatic carbocycles. The van der Waals surface area contributed by atoms with E-state index in [0.29, 0.717) is 0 Å². The van der Waals surface area contributed by atoms with E-state index >= 15 is 0 Å². The fourth-order valence-electron chi connectivity index (χ4n) is 0.936. The lowest BCUT2D eigenvalue weighted by molar-refractivity contribution is 0.243. The zero-order valence-corrected chi connectivity index (χ0v) is 8.00. The predicted octanol–water partition coefficient (Wildman–Crippen LogP) is 2.67. The van der Waals surface area contributed by atoms with Gasteiger partial charge in [0.25, 0.3) is 0 Å². The van der Waals surface area contributed by atoms with Crippen LogP contribution in [0, 0.1) is 0 Å². The first-order valence-corrected chi connectivity index (χ1v) is 4.11. The van der Waals surface area contributed by atoms with Crippen LogP contribution in [0.1, 0.15) is 39.7 Å². The molecule has 0 aromatic carbocycles. The highest BCUT2D eigenvalue weighted by Crippen LogP contribution is 2.20. The van der Waals surface area contributed by atoms with Crippen molar-refractivity contribution in [1.29, 1.82) is 0 Å². The molecular formula is C9H15FN2. The average Bonchev–Trinajstić information content (AvgIpc) is 2.30. The highest BCUT2D eigenvalue weighted by Gasteiger charge is 2.17. The number of hydrogen-bond acceptors (Lipinski definition) is 1. The van der Waals surface area contributed by atoms with Gasteiger partial charge in [0.05, 0.1) is 5.69 Å². The average molecular weight is 170 g/mol. The highest BCUT2D eigenvalue weighted by atomic mass is 19.1. The van der Waals surface area contributed by atoms with E-state index in [1.54, 1.807) is 6.20 Å². The third kappa shape index (κ3) is 1.84. The number of rotatable bonds is 1.